The highest BCUT2D eigenvalue weighted by Gasteiger charge is 2.18. The van der Waals surface area contributed by atoms with Crippen LogP contribution in [0, 0.1) is 5.82 Å². The molecule has 0 saturated heterocycles. The molecular weight excluding hydrogens is 243 g/mol. The average molecular weight is 268 g/mol. The van der Waals surface area contributed by atoms with Crippen molar-refractivity contribution in [3.05, 3.63) is 29.6 Å². The third kappa shape index (κ3) is 4.48. The number of hydrogen-bond acceptors (Lipinski definition) is 3. The van der Waals surface area contributed by atoms with Gasteiger partial charge in [0.05, 0.1) is 6.10 Å². The van der Waals surface area contributed by atoms with Gasteiger partial charge < -0.3 is 15.3 Å². The lowest BCUT2D eigenvalue weighted by molar-refractivity contribution is 0.201. The summed E-state index contributed by atoms with van der Waals surface area (Å²) in [6, 6.07) is 5.04. The van der Waals surface area contributed by atoms with Crippen molar-refractivity contribution in [1.29, 1.82) is 0 Å². The number of nitrogens with zero attached hydrogens (tertiary/aromatic N) is 1. The lowest BCUT2D eigenvalue weighted by atomic mass is 10.0. The number of benzene rings is 1. The van der Waals surface area contributed by atoms with E-state index < -0.39 is 6.10 Å². The Morgan fingerprint density at radius 3 is 2.63 bits per heavy atom. The van der Waals surface area contributed by atoms with Crippen molar-refractivity contribution in [2.45, 2.75) is 39.3 Å². The molecule has 4 heteroatoms. The van der Waals surface area contributed by atoms with Crippen LogP contribution in [0.25, 0.3) is 0 Å². The summed E-state index contributed by atoms with van der Waals surface area (Å²) in [6.07, 6.45) is 0.567. The molecule has 0 saturated carbocycles. The van der Waals surface area contributed by atoms with Crippen molar-refractivity contribution in [3.63, 3.8) is 0 Å². The van der Waals surface area contributed by atoms with Gasteiger partial charge in [0.15, 0.2) is 0 Å². The molecule has 3 nitrogen and oxygen atoms in total. The first kappa shape index (κ1) is 15.9. The third-order valence-electron chi connectivity index (χ3n) is 3.11. The summed E-state index contributed by atoms with van der Waals surface area (Å²) in [6.45, 7) is 7.12. The Labute approximate surface area is 115 Å². The zero-order valence-electron chi connectivity index (χ0n) is 12.3. The second-order valence-corrected chi connectivity index (χ2v) is 5.08. The SMILES string of the molecule is CCCNC(C)c1c(F)cccc1N(C)CC(C)O. The van der Waals surface area contributed by atoms with Crippen LogP contribution in [0.2, 0.25) is 0 Å². The summed E-state index contributed by atoms with van der Waals surface area (Å²) in [5.41, 5.74) is 1.50. The van der Waals surface area contributed by atoms with Gasteiger partial charge >= 0.3 is 0 Å². The first-order valence-corrected chi connectivity index (χ1v) is 6.88. The molecule has 0 fully saturated rings. The average Bonchev–Trinajstić information content (AvgIpc) is 2.34. The van der Waals surface area contributed by atoms with Crippen LogP contribution >= 0.6 is 0 Å². The number of aliphatic hydroxyl groups is 1. The van der Waals surface area contributed by atoms with Crippen LogP contribution in [0.4, 0.5) is 10.1 Å². The molecule has 0 aliphatic heterocycles. The van der Waals surface area contributed by atoms with Crippen LogP contribution in [0.15, 0.2) is 18.2 Å². The first-order valence-electron chi connectivity index (χ1n) is 6.88. The van der Waals surface area contributed by atoms with E-state index in [4.69, 9.17) is 0 Å². The van der Waals surface area contributed by atoms with E-state index >= 15 is 0 Å². The largest absolute Gasteiger partial charge is 0.392 e. The van der Waals surface area contributed by atoms with Crippen molar-refractivity contribution in [1.82, 2.24) is 5.32 Å². The fourth-order valence-electron chi connectivity index (χ4n) is 2.24. The van der Waals surface area contributed by atoms with Crippen LogP contribution < -0.4 is 10.2 Å². The van der Waals surface area contributed by atoms with Gasteiger partial charge in [-0.05, 0) is 38.9 Å². The van der Waals surface area contributed by atoms with Crippen molar-refractivity contribution in [2.24, 2.45) is 0 Å². The van der Waals surface area contributed by atoms with E-state index in [0.717, 1.165) is 18.7 Å². The molecule has 19 heavy (non-hydrogen) atoms. The highest BCUT2D eigenvalue weighted by atomic mass is 19.1. The molecule has 0 aliphatic carbocycles. The molecule has 0 amide bonds. The number of hydrogen-bond donors (Lipinski definition) is 2. The molecule has 1 aromatic rings. The Hall–Kier alpha value is -1.13. The molecule has 0 aromatic heterocycles. The monoisotopic (exact) mass is 268 g/mol. The van der Waals surface area contributed by atoms with Gasteiger partial charge in [0.2, 0.25) is 0 Å². The Balaban J connectivity index is 3.00. The van der Waals surface area contributed by atoms with Gasteiger partial charge in [-0.1, -0.05) is 13.0 Å². The number of halogens is 1. The van der Waals surface area contributed by atoms with E-state index in [0.29, 0.717) is 12.1 Å². The predicted molar refractivity (Wildman–Crippen MR) is 78.1 cm³/mol. The summed E-state index contributed by atoms with van der Waals surface area (Å²) in [5, 5.41) is 12.8. The highest BCUT2D eigenvalue weighted by molar-refractivity contribution is 5.55. The number of likely N-dealkylation sites (N-methyl/N-ethyl adjacent to an activating group) is 1. The van der Waals surface area contributed by atoms with E-state index in [1.165, 1.54) is 6.07 Å². The Kier molecular flexibility index (Phi) is 6.25. The molecule has 2 atom stereocenters. The standard InChI is InChI=1S/C15H25FN2O/c1-5-9-17-12(3)15-13(16)7-6-8-14(15)18(4)10-11(2)19/h6-8,11-12,17,19H,5,9-10H2,1-4H3. The maximum atomic E-state index is 14.1. The van der Waals surface area contributed by atoms with E-state index in [-0.39, 0.29) is 11.9 Å². The van der Waals surface area contributed by atoms with Gasteiger partial charge in [-0.3, -0.25) is 0 Å². The zero-order valence-corrected chi connectivity index (χ0v) is 12.3. The number of aliphatic hydroxyl groups excluding tert-OH is 1. The molecule has 1 aromatic carbocycles. The number of rotatable bonds is 7. The summed E-state index contributed by atoms with van der Waals surface area (Å²) in [4.78, 5) is 1.90. The smallest absolute Gasteiger partial charge is 0.130 e. The van der Waals surface area contributed by atoms with Crippen LogP contribution in [-0.2, 0) is 0 Å². The quantitative estimate of drug-likeness (QED) is 0.798. The molecule has 2 N–H and O–H groups in total. The van der Waals surface area contributed by atoms with Crippen LogP contribution in [-0.4, -0.2) is 31.3 Å². The minimum absolute atomic E-state index is 0.0485. The normalized spacial score (nSPS) is 14.2. The van der Waals surface area contributed by atoms with Crippen molar-refractivity contribution >= 4 is 5.69 Å². The maximum Gasteiger partial charge on any atom is 0.130 e. The Bertz CT molecular complexity index is 396. The maximum absolute atomic E-state index is 14.1. The van der Waals surface area contributed by atoms with Gasteiger partial charge in [0.1, 0.15) is 5.82 Å². The fraction of sp³-hybridized carbons (Fsp3) is 0.600. The summed E-state index contributed by atoms with van der Waals surface area (Å²) >= 11 is 0. The number of anilines is 1. The van der Waals surface area contributed by atoms with Crippen LogP contribution in [0.1, 0.15) is 38.8 Å². The van der Waals surface area contributed by atoms with Crippen molar-refractivity contribution in [2.75, 3.05) is 25.0 Å². The van der Waals surface area contributed by atoms with Crippen molar-refractivity contribution in [3.8, 4) is 0 Å². The molecular formula is C15H25FN2O. The van der Waals surface area contributed by atoms with Gasteiger partial charge in [-0.15, -0.1) is 0 Å². The van der Waals surface area contributed by atoms with Crippen LogP contribution in [0.5, 0.6) is 0 Å². The second kappa shape index (κ2) is 7.46. The van der Waals surface area contributed by atoms with Gasteiger partial charge in [-0.25, -0.2) is 4.39 Å². The fourth-order valence-corrected chi connectivity index (χ4v) is 2.24. The van der Waals surface area contributed by atoms with Crippen LogP contribution in [0.3, 0.4) is 0 Å². The van der Waals surface area contributed by atoms with E-state index in [9.17, 15) is 9.50 Å². The second-order valence-electron chi connectivity index (χ2n) is 5.08. The Morgan fingerprint density at radius 1 is 1.37 bits per heavy atom. The number of nitrogens with one attached hydrogen (secondary N) is 1. The minimum atomic E-state index is -0.444. The molecule has 1 rings (SSSR count). The van der Waals surface area contributed by atoms with E-state index in [2.05, 4.69) is 12.2 Å². The topological polar surface area (TPSA) is 35.5 Å². The predicted octanol–water partition coefficient (Wildman–Crippen LogP) is 2.70. The first-order chi connectivity index (χ1) is 8.97. The molecule has 0 heterocycles. The lowest BCUT2D eigenvalue weighted by Gasteiger charge is -2.27. The minimum Gasteiger partial charge on any atom is -0.392 e. The van der Waals surface area contributed by atoms with E-state index in [1.54, 1.807) is 13.0 Å². The zero-order chi connectivity index (χ0) is 14.4. The highest BCUT2D eigenvalue weighted by Crippen LogP contribution is 2.28. The third-order valence-corrected chi connectivity index (χ3v) is 3.11. The summed E-state index contributed by atoms with van der Waals surface area (Å²) in [5.74, 6) is -0.203. The molecule has 2 unspecified atom stereocenters. The van der Waals surface area contributed by atoms with Gasteiger partial charge in [0.25, 0.3) is 0 Å². The molecule has 0 bridgehead atoms. The van der Waals surface area contributed by atoms with E-state index in [1.807, 2.05) is 24.9 Å². The Morgan fingerprint density at radius 2 is 2.05 bits per heavy atom. The summed E-state index contributed by atoms with van der Waals surface area (Å²) < 4.78 is 14.1. The molecule has 108 valence electrons. The summed E-state index contributed by atoms with van der Waals surface area (Å²) in [7, 11) is 1.87. The van der Waals surface area contributed by atoms with Gasteiger partial charge in [0, 0.05) is 30.9 Å². The molecule has 0 spiro atoms. The molecule has 0 aliphatic rings. The molecule has 0 radical (unpaired) electrons. The lowest BCUT2D eigenvalue weighted by Crippen LogP contribution is -2.30. The van der Waals surface area contributed by atoms with Crippen molar-refractivity contribution < 1.29 is 9.50 Å². The van der Waals surface area contributed by atoms with Gasteiger partial charge in [-0.2, -0.15) is 0 Å².